The van der Waals surface area contributed by atoms with Gasteiger partial charge < -0.3 is 20.1 Å². The first-order valence-electron chi connectivity index (χ1n) is 8.82. The average molecular weight is 334 g/mol. The van der Waals surface area contributed by atoms with Gasteiger partial charge in [0, 0.05) is 17.8 Å². The van der Waals surface area contributed by atoms with Crippen LogP contribution in [0, 0.1) is 0 Å². The number of carbonyl (C=O) groups is 1. The maximum atomic E-state index is 12.2. The summed E-state index contributed by atoms with van der Waals surface area (Å²) in [5, 5.41) is 6.27. The summed E-state index contributed by atoms with van der Waals surface area (Å²) in [4.78, 5) is 12.2. The highest BCUT2D eigenvalue weighted by molar-refractivity contribution is 5.84. The van der Waals surface area contributed by atoms with Crippen molar-refractivity contribution < 1.29 is 14.3 Å². The summed E-state index contributed by atoms with van der Waals surface area (Å²) in [7, 11) is 0. The Labute approximate surface area is 145 Å². The van der Waals surface area contributed by atoms with Crippen molar-refractivity contribution in [2.24, 2.45) is 0 Å². The van der Waals surface area contributed by atoms with Crippen molar-refractivity contribution >= 4 is 11.6 Å². The molecule has 0 bridgehead atoms. The quantitative estimate of drug-likeness (QED) is 0.765. The second kappa shape index (κ2) is 8.38. The normalized spacial score (nSPS) is 18.9. The Hall–Kier alpha value is -1.75. The molecule has 2 rings (SSSR count). The summed E-state index contributed by atoms with van der Waals surface area (Å²) in [5.41, 5.74) is 0.712. The Morgan fingerprint density at radius 1 is 1.38 bits per heavy atom. The lowest BCUT2D eigenvalue weighted by atomic mass is 10.0. The van der Waals surface area contributed by atoms with Crippen LogP contribution < -0.4 is 15.4 Å². The van der Waals surface area contributed by atoms with Gasteiger partial charge in [0.05, 0.1) is 6.10 Å². The Kier molecular flexibility index (Phi) is 6.49. The highest BCUT2D eigenvalue weighted by atomic mass is 16.5. The minimum Gasteiger partial charge on any atom is -0.491 e. The van der Waals surface area contributed by atoms with Gasteiger partial charge in [-0.3, -0.25) is 4.79 Å². The van der Waals surface area contributed by atoms with E-state index in [4.69, 9.17) is 9.47 Å². The zero-order valence-electron chi connectivity index (χ0n) is 15.2. The predicted molar refractivity (Wildman–Crippen MR) is 96.5 cm³/mol. The second-order valence-electron chi connectivity index (χ2n) is 7.06. The molecule has 134 valence electrons. The lowest BCUT2D eigenvalue weighted by Crippen LogP contribution is -2.48. The standard InChI is InChI=1S/C19H30N2O3/c1-5-19(3,4)21-18(22)14(2)20-15-8-10-16(11-9-15)24-13-17-7-6-12-23-17/h8-11,14,17,20H,5-7,12-13H2,1-4H3,(H,21,22)/t14-,17-/m0/s1. The summed E-state index contributed by atoms with van der Waals surface area (Å²) in [6.07, 6.45) is 3.29. The zero-order valence-corrected chi connectivity index (χ0v) is 15.2. The maximum absolute atomic E-state index is 12.2. The van der Waals surface area contributed by atoms with E-state index < -0.39 is 0 Å². The number of nitrogens with one attached hydrogen (secondary N) is 2. The van der Waals surface area contributed by atoms with Crippen LogP contribution in [-0.2, 0) is 9.53 Å². The summed E-state index contributed by atoms with van der Waals surface area (Å²) in [5.74, 6) is 0.820. The maximum Gasteiger partial charge on any atom is 0.242 e. The van der Waals surface area contributed by atoms with Gasteiger partial charge in [0.2, 0.25) is 5.91 Å². The van der Waals surface area contributed by atoms with Crippen molar-refractivity contribution in [3.63, 3.8) is 0 Å². The fraction of sp³-hybridized carbons (Fsp3) is 0.632. The van der Waals surface area contributed by atoms with Gasteiger partial charge in [0.25, 0.3) is 0 Å². The summed E-state index contributed by atoms with van der Waals surface area (Å²) in [6.45, 7) is 9.41. The first-order chi connectivity index (χ1) is 11.4. The third kappa shape index (κ3) is 5.71. The molecule has 1 heterocycles. The third-order valence-electron chi connectivity index (χ3n) is 4.44. The number of carbonyl (C=O) groups excluding carboxylic acids is 1. The third-order valence-corrected chi connectivity index (χ3v) is 4.44. The van der Waals surface area contributed by atoms with Gasteiger partial charge in [-0.25, -0.2) is 0 Å². The molecule has 2 N–H and O–H groups in total. The van der Waals surface area contributed by atoms with E-state index in [-0.39, 0.29) is 23.6 Å². The molecule has 0 spiro atoms. The topological polar surface area (TPSA) is 59.6 Å². The Balaban J connectivity index is 1.80. The summed E-state index contributed by atoms with van der Waals surface area (Å²) in [6, 6.07) is 7.39. The van der Waals surface area contributed by atoms with Gasteiger partial charge in [-0.1, -0.05) is 6.92 Å². The SMILES string of the molecule is CCC(C)(C)NC(=O)[C@H](C)Nc1ccc(OC[C@@H]2CCCO2)cc1. The zero-order chi connectivity index (χ0) is 17.6. The monoisotopic (exact) mass is 334 g/mol. The molecule has 0 unspecified atom stereocenters. The van der Waals surface area contributed by atoms with Crippen LogP contribution in [0.4, 0.5) is 5.69 Å². The molecule has 1 aliphatic heterocycles. The van der Waals surface area contributed by atoms with Crippen LogP contribution in [0.15, 0.2) is 24.3 Å². The predicted octanol–water partition coefficient (Wildman–Crippen LogP) is 3.35. The molecular formula is C19H30N2O3. The van der Waals surface area contributed by atoms with E-state index in [0.717, 1.165) is 37.3 Å². The van der Waals surface area contributed by atoms with Crippen LogP contribution >= 0.6 is 0 Å². The number of amides is 1. The molecule has 1 aromatic rings. The minimum atomic E-state index is -0.297. The van der Waals surface area contributed by atoms with Crippen molar-refractivity contribution in [3.8, 4) is 5.75 Å². The van der Waals surface area contributed by atoms with Crippen LogP contribution in [0.25, 0.3) is 0 Å². The molecule has 1 amide bonds. The molecule has 1 fully saturated rings. The van der Waals surface area contributed by atoms with E-state index in [9.17, 15) is 4.79 Å². The number of anilines is 1. The van der Waals surface area contributed by atoms with Gasteiger partial charge in [-0.05, 0) is 64.3 Å². The van der Waals surface area contributed by atoms with Crippen LogP contribution in [0.2, 0.25) is 0 Å². The van der Waals surface area contributed by atoms with Crippen molar-refractivity contribution in [2.45, 2.75) is 64.6 Å². The van der Waals surface area contributed by atoms with E-state index in [1.165, 1.54) is 0 Å². The number of rotatable bonds is 8. The van der Waals surface area contributed by atoms with Gasteiger partial charge in [-0.15, -0.1) is 0 Å². The second-order valence-corrected chi connectivity index (χ2v) is 7.06. The largest absolute Gasteiger partial charge is 0.491 e. The van der Waals surface area contributed by atoms with Crippen molar-refractivity contribution in [3.05, 3.63) is 24.3 Å². The summed E-state index contributed by atoms with van der Waals surface area (Å²) < 4.78 is 11.3. The van der Waals surface area contributed by atoms with Crippen LogP contribution in [0.3, 0.4) is 0 Å². The molecule has 2 atom stereocenters. The molecule has 1 saturated heterocycles. The van der Waals surface area contributed by atoms with Crippen LogP contribution in [-0.4, -0.2) is 36.8 Å². The first-order valence-corrected chi connectivity index (χ1v) is 8.82. The number of hydrogen-bond acceptors (Lipinski definition) is 4. The summed E-state index contributed by atoms with van der Waals surface area (Å²) >= 11 is 0. The van der Waals surface area contributed by atoms with Crippen molar-refractivity contribution in [1.29, 1.82) is 0 Å². The molecule has 0 aliphatic carbocycles. The number of hydrogen-bond donors (Lipinski definition) is 2. The molecule has 5 heteroatoms. The number of ether oxygens (including phenoxy) is 2. The van der Waals surface area contributed by atoms with Crippen LogP contribution in [0.5, 0.6) is 5.75 Å². The van der Waals surface area contributed by atoms with Gasteiger partial charge in [0.15, 0.2) is 0 Å². The molecule has 0 radical (unpaired) electrons. The Morgan fingerprint density at radius 3 is 2.67 bits per heavy atom. The van der Waals surface area contributed by atoms with E-state index in [1.807, 2.05) is 45.0 Å². The van der Waals surface area contributed by atoms with Gasteiger partial charge >= 0.3 is 0 Å². The van der Waals surface area contributed by atoms with Crippen LogP contribution in [0.1, 0.15) is 47.0 Å². The first kappa shape index (κ1) is 18.6. The van der Waals surface area contributed by atoms with E-state index in [0.29, 0.717) is 6.61 Å². The molecule has 24 heavy (non-hydrogen) atoms. The van der Waals surface area contributed by atoms with Gasteiger partial charge in [0.1, 0.15) is 18.4 Å². The molecular weight excluding hydrogens is 304 g/mol. The van der Waals surface area contributed by atoms with Crippen molar-refractivity contribution in [1.82, 2.24) is 5.32 Å². The highest BCUT2D eigenvalue weighted by Crippen LogP contribution is 2.19. The van der Waals surface area contributed by atoms with E-state index in [1.54, 1.807) is 0 Å². The minimum absolute atomic E-state index is 0.000517. The highest BCUT2D eigenvalue weighted by Gasteiger charge is 2.21. The number of benzene rings is 1. The Morgan fingerprint density at radius 2 is 2.08 bits per heavy atom. The lowest BCUT2D eigenvalue weighted by molar-refractivity contribution is -0.123. The molecule has 5 nitrogen and oxygen atoms in total. The van der Waals surface area contributed by atoms with E-state index in [2.05, 4.69) is 17.6 Å². The smallest absolute Gasteiger partial charge is 0.242 e. The van der Waals surface area contributed by atoms with Crippen molar-refractivity contribution in [2.75, 3.05) is 18.5 Å². The Bertz CT molecular complexity index is 522. The van der Waals surface area contributed by atoms with E-state index >= 15 is 0 Å². The molecule has 0 aromatic heterocycles. The molecule has 1 aliphatic rings. The average Bonchev–Trinajstić information content (AvgIpc) is 3.07. The molecule has 1 aromatic carbocycles. The lowest BCUT2D eigenvalue weighted by Gasteiger charge is -2.27. The van der Waals surface area contributed by atoms with Gasteiger partial charge in [-0.2, -0.15) is 0 Å². The molecule has 0 saturated carbocycles. The fourth-order valence-electron chi connectivity index (χ4n) is 2.46. The fourth-order valence-corrected chi connectivity index (χ4v) is 2.46.